The van der Waals surface area contributed by atoms with Crippen molar-refractivity contribution in [3.8, 4) is 0 Å². The zero-order valence-corrected chi connectivity index (χ0v) is 11.3. The van der Waals surface area contributed by atoms with Gasteiger partial charge in [0.25, 0.3) is 0 Å². The number of nitrogens with zero attached hydrogens (tertiary/aromatic N) is 1. The Morgan fingerprint density at radius 3 is 2.53 bits per heavy atom. The number of aromatic nitrogens is 1. The lowest BCUT2D eigenvalue weighted by Gasteiger charge is -2.15. The van der Waals surface area contributed by atoms with Crippen LogP contribution in [-0.4, -0.2) is 11.5 Å². The highest BCUT2D eigenvalue weighted by Gasteiger charge is 2.15. The molecule has 15 heavy (non-hydrogen) atoms. The molecule has 0 amide bonds. The van der Waals surface area contributed by atoms with E-state index in [1.165, 1.54) is 15.6 Å². The summed E-state index contributed by atoms with van der Waals surface area (Å²) in [6.45, 7) is 13.0. The van der Waals surface area contributed by atoms with Crippen molar-refractivity contribution in [3.63, 3.8) is 0 Å². The number of aryl methyl sites for hydroxylation is 1. The van der Waals surface area contributed by atoms with Gasteiger partial charge in [-0.3, -0.25) is 0 Å². The van der Waals surface area contributed by atoms with Crippen molar-refractivity contribution in [2.75, 3.05) is 6.54 Å². The molecule has 1 aromatic rings. The Balaban J connectivity index is 2.68. The molecule has 0 saturated heterocycles. The maximum atomic E-state index is 4.63. The molecule has 0 aromatic carbocycles. The van der Waals surface area contributed by atoms with Crippen LogP contribution in [0.4, 0.5) is 0 Å². The Hall–Kier alpha value is -0.410. The smallest absolute Gasteiger partial charge is 0.0936 e. The molecule has 0 aliphatic carbocycles. The van der Waals surface area contributed by atoms with E-state index < -0.39 is 0 Å². The van der Waals surface area contributed by atoms with Gasteiger partial charge in [-0.25, -0.2) is 4.98 Å². The molecule has 86 valence electrons. The average molecular weight is 226 g/mol. The third-order valence-electron chi connectivity index (χ3n) is 2.15. The minimum Gasteiger partial charge on any atom is -0.312 e. The van der Waals surface area contributed by atoms with E-state index >= 15 is 0 Å². The first-order valence-corrected chi connectivity index (χ1v) is 6.40. The molecule has 0 aliphatic rings. The molecule has 2 nitrogen and oxygen atoms in total. The van der Waals surface area contributed by atoms with Crippen LogP contribution in [0.2, 0.25) is 0 Å². The Kier molecular flexibility index (Phi) is 4.29. The largest absolute Gasteiger partial charge is 0.312 e. The van der Waals surface area contributed by atoms with Crippen LogP contribution < -0.4 is 5.32 Å². The maximum absolute atomic E-state index is 4.63. The third-order valence-corrected chi connectivity index (χ3v) is 3.31. The van der Waals surface area contributed by atoms with E-state index in [0.717, 1.165) is 19.5 Å². The maximum Gasteiger partial charge on any atom is 0.0936 e. The van der Waals surface area contributed by atoms with E-state index in [2.05, 4.69) is 44.9 Å². The number of thiazole rings is 1. The minimum atomic E-state index is 0.333. The highest BCUT2D eigenvalue weighted by atomic mass is 32.1. The lowest BCUT2D eigenvalue weighted by molar-refractivity contribution is 0.410. The second kappa shape index (κ2) is 5.08. The first-order chi connectivity index (χ1) is 6.92. The highest BCUT2D eigenvalue weighted by molar-refractivity contribution is 7.11. The summed E-state index contributed by atoms with van der Waals surface area (Å²) in [7, 11) is 0. The van der Waals surface area contributed by atoms with Crippen molar-refractivity contribution in [1.29, 1.82) is 0 Å². The number of hydrogen-bond donors (Lipinski definition) is 1. The van der Waals surface area contributed by atoms with Gasteiger partial charge in [0.1, 0.15) is 0 Å². The average Bonchev–Trinajstić information content (AvgIpc) is 2.39. The molecule has 0 aliphatic heterocycles. The molecular formula is C12H22N2S. The third kappa shape index (κ3) is 4.31. The van der Waals surface area contributed by atoms with Gasteiger partial charge >= 0.3 is 0 Å². The second-order valence-corrected chi connectivity index (χ2v) is 6.30. The van der Waals surface area contributed by atoms with E-state index in [-0.39, 0.29) is 0 Å². The summed E-state index contributed by atoms with van der Waals surface area (Å²) in [5.41, 5.74) is 1.53. The van der Waals surface area contributed by atoms with Gasteiger partial charge in [0.05, 0.1) is 10.7 Å². The summed E-state index contributed by atoms with van der Waals surface area (Å²) >= 11 is 1.85. The fourth-order valence-corrected chi connectivity index (χ4v) is 2.76. The molecule has 3 heteroatoms. The SMILES string of the molecule is CCNCc1sc(CC(C)(C)C)nc1C. The van der Waals surface area contributed by atoms with Crippen LogP contribution >= 0.6 is 11.3 Å². The van der Waals surface area contributed by atoms with Gasteiger partial charge in [0.15, 0.2) is 0 Å². The van der Waals surface area contributed by atoms with Crippen molar-refractivity contribution in [3.05, 3.63) is 15.6 Å². The van der Waals surface area contributed by atoms with Gasteiger partial charge in [-0.05, 0) is 18.9 Å². The van der Waals surface area contributed by atoms with Crippen molar-refractivity contribution < 1.29 is 0 Å². The quantitative estimate of drug-likeness (QED) is 0.853. The van der Waals surface area contributed by atoms with Crippen LogP contribution in [0.15, 0.2) is 0 Å². The fraction of sp³-hybridized carbons (Fsp3) is 0.750. The summed E-state index contributed by atoms with van der Waals surface area (Å²) in [5, 5.41) is 4.62. The van der Waals surface area contributed by atoms with E-state index in [1.807, 2.05) is 11.3 Å². The molecule has 1 rings (SSSR count). The normalized spacial score (nSPS) is 12.1. The van der Waals surface area contributed by atoms with Crippen molar-refractivity contribution in [1.82, 2.24) is 10.3 Å². The van der Waals surface area contributed by atoms with Crippen LogP contribution in [0.25, 0.3) is 0 Å². The highest BCUT2D eigenvalue weighted by Crippen LogP contribution is 2.25. The van der Waals surface area contributed by atoms with Crippen LogP contribution in [0.1, 0.15) is 43.3 Å². The molecule has 0 atom stereocenters. The summed E-state index contributed by atoms with van der Waals surface area (Å²) in [6, 6.07) is 0. The van der Waals surface area contributed by atoms with Crippen molar-refractivity contribution >= 4 is 11.3 Å². The summed E-state index contributed by atoms with van der Waals surface area (Å²) in [6.07, 6.45) is 1.07. The molecular weight excluding hydrogens is 204 g/mol. The number of hydrogen-bond acceptors (Lipinski definition) is 3. The summed E-state index contributed by atoms with van der Waals surface area (Å²) in [4.78, 5) is 6.01. The van der Waals surface area contributed by atoms with Gasteiger partial charge in [-0.15, -0.1) is 11.3 Å². The van der Waals surface area contributed by atoms with Crippen LogP contribution in [0, 0.1) is 12.3 Å². The van der Waals surface area contributed by atoms with Crippen LogP contribution in [0.3, 0.4) is 0 Å². The van der Waals surface area contributed by atoms with E-state index in [0.29, 0.717) is 5.41 Å². The predicted octanol–water partition coefficient (Wildman–Crippen LogP) is 3.15. The van der Waals surface area contributed by atoms with Gasteiger partial charge in [0.2, 0.25) is 0 Å². The Morgan fingerprint density at radius 2 is 2.00 bits per heavy atom. The molecule has 0 fully saturated rings. The minimum absolute atomic E-state index is 0.333. The Labute approximate surface area is 97.1 Å². The summed E-state index contributed by atoms with van der Waals surface area (Å²) < 4.78 is 0. The molecule has 0 bridgehead atoms. The number of nitrogens with one attached hydrogen (secondary N) is 1. The topological polar surface area (TPSA) is 24.9 Å². The zero-order valence-electron chi connectivity index (χ0n) is 10.5. The van der Waals surface area contributed by atoms with Crippen LogP contribution in [0.5, 0.6) is 0 Å². The van der Waals surface area contributed by atoms with E-state index in [1.54, 1.807) is 0 Å². The van der Waals surface area contributed by atoms with Crippen molar-refractivity contribution in [2.24, 2.45) is 5.41 Å². The molecule has 0 radical (unpaired) electrons. The fourth-order valence-electron chi connectivity index (χ4n) is 1.42. The number of rotatable bonds is 4. The van der Waals surface area contributed by atoms with Gasteiger partial charge < -0.3 is 5.32 Å². The monoisotopic (exact) mass is 226 g/mol. The first kappa shape index (κ1) is 12.7. The standard InChI is InChI=1S/C12H22N2S/c1-6-13-8-10-9(2)14-11(15-10)7-12(3,4)5/h13H,6-8H2,1-5H3. The Morgan fingerprint density at radius 1 is 1.33 bits per heavy atom. The van der Waals surface area contributed by atoms with Crippen LogP contribution in [-0.2, 0) is 13.0 Å². The first-order valence-electron chi connectivity index (χ1n) is 5.58. The lowest BCUT2D eigenvalue weighted by atomic mass is 9.93. The van der Waals surface area contributed by atoms with Gasteiger partial charge in [-0.1, -0.05) is 27.7 Å². The van der Waals surface area contributed by atoms with E-state index in [4.69, 9.17) is 0 Å². The lowest BCUT2D eigenvalue weighted by Crippen LogP contribution is -2.11. The summed E-state index contributed by atoms with van der Waals surface area (Å²) in [5.74, 6) is 0. The predicted molar refractivity (Wildman–Crippen MR) is 67.4 cm³/mol. The molecule has 1 N–H and O–H groups in total. The van der Waals surface area contributed by atoms with Crippen molar-refractivity contribution in [2.45, 2.75) is 47.6 Å². The van der Waals surface area contributed by atoms with Gasteiger partial charge in [0, 0.05) is 17.8 Å². The molecule has 0 spiro atoms. The Bertz CT molecular complexity index is 310. The molecule has 0 saturated carbocycles. The zero-order chi connectivity index (χ0) is 11.5. The second-order valence-electron chi connectivity index (χ2n) is 5.13. The van der Waals surface area contributed by atoms with E-state index in [9.17, 15) is 0 Å². The molecule has 1 aromatic heterocycles. The molecule has 0 unspecified atom stereocenters. The van der Waals surface area contributed by atoms with Gasteiger partial charge in [-0.2, -0.15) is 0 Å². The molecule has 1 heterocycles.